The molecule has 0 unspecified atom stereocenters. The van der Waals surface area contributed by atoms with Gasteiger partial charge in [0.15, 0.2) is 0 Å². The van der Waals surface area contributed by atoms with Gasteiger partial charge < -0.3 is 14.6 Å². The molecule has 0 spiro atoms. The predicted molar refractivity (Wildman–Crippen MR) is 70.1 cm³/mol. The molecule has 1 aromatic heterocycles. The number of furan rings is 1. The maximum absolute atomic E-state index is 13.5. The number of nitrogens with zero attached hydrogens (tertiary/aromatic N) is 1. The summed E-state index contributed by atoms with van der Waals surface area (Å²) >= 11 is 0. The van der Waals surface area contributed by atoms with Crippen molar-refractivity contribution in [2.75, 3.05) is 25.0 Å². The molecule has 3 nitrogen and oxygen atoms in total. The summed E-state index contributed by atoms with van der Waals surface area (Å²) in [7, 11) is 1.88. The molecular formula is C14H17FN2O. The van der Waals surface area contributed by atoms with Crippen LogP contribution in [0.1, 0.15) is 5.76 Å². The first-order valence-corrected chi connectivity index (χ1v) is 5.96. The van der Waals surface area contributed by atoms with E-state index < -0.39 is 0 Å². The molecule has 96 valence electrons. The Labute approximate surface area is 106 Å². The van der Waals surface area contributed by atoms with E-state index in [4.69, 9.17) is 4.42 Å². The molecule has 4 heteroatoms. The Hall–Kier alpha value is -1.81. The number of likely N-dealkylation sites (N-methyl/N-ethyl adjacent to an activating group) is 1. The molecule has 0 radical (unpaired) electrons. The van der Waals surface area contributed by atoms with Crippen molar-refractivity contribution in [1.29, 1.82) is 0 Å². The fourth-order valence-electron chi connectivity index (χ4n) is 1.75. The Bertz CT molecular complexity index is 470. The van der Waals surface area contributed by atoms with Gasteiger partial charge >= 0.3 is 0 Å². The van der Waals surface area contributed by atoms with E-state index in [1.807, 2.05) is 30.1 Å². The third-order valence-electron chi connectivity index (χ3n) is 2.77. The van der Waals surface area contributed by atoms with Crippen LogP contribution >= 0.6 is 0 Å². The van der Waals surface area contributed by atoms with E-state index in [2.05, 4.69) is 5.32 Å². The van der Waals surface area contributed by atoms with Gasteiger partial charge in [-0.2, -0.15) is 0 Å². The molecule has 0 saturated heterocycles. The molecule has 0 atom stereocenters. The van der Waals surface area contributed by atoms with Crippen LogP contribution < -0.4 is 10.2 Å². The lowest BCUT2D eigenvalue weighted by atomic mass is 10.3. The highest BCUT2D eigenvalue weighted by Gasteiger charge is 2.05. The normalized spacial score (nSPS) is 10.6. The molecule has 2 rings (SSSR count). The highest BCUT2D eigenvalue weighted by molar-refractivity contribution is 5.46. The van der Waals surface area contributed by atoms with Gasteiger partial charge in [-0.25, -0.2) is 4.39 Å². The monoisotopic (exact) mass is 248 g/mol. The summed E-state index contributed by atoms with van der Waals surface area (Å²) in [6, 6.07) is 10.6. The van der Waals surface area contributed by atoms with Gasteiger partial charge in [0.25, 0.3) is 0 Å². The topological polar surface area (TPSA) is 28.4 Å². The third kappa shape index (κ3) is 3.34. The summed E-state index contributed by atoms with van der Waals surface area (Å²) < 4.78 is 18.7. The zero-order chi connectivity index (χ0) is 12.8. The van der Waals surface area contributed by atoms with Crippen LogP contribution in [0.2, 0.25) is 0 Å². The maximum Gasteiger partial charge on any atom is 0.146 e. The first kappa shape index (κ1) is 12.6. The molecule has 0 amide bonds. The first-order chi connectivity index (χ1) is 8.77. The molecular weight excluding hydrogens is 231 g/mol. The minimum absolute atomic E-state index is 0.189. The Balaban J connectivity index is 1.75. The van der Waals surface area contributed by atoms with E-state index in [1.54, 1.807) is 18.4 Å². The van der Waals surface area contributed by atoms with Crippen molar-refractivity contribution < 1.29 is 8.81 Å². The Morgan fingerprint density at radius 1 is 1.22 bits per heavy atom. The number of halogens is 1. The van der Waals surface area contributed by atoms with Gasteiger partial charge in [0.2, 0.25) is 0 Å². The minimum atomic E-state index is -0.189. The molecule has 0 aliphatic rings. The van der Waals surface area contributed by atoms with Gasteiger partial charge in [0.05, 0.1) is 18.5 Å². The van der Waals surface area contributed by atoms with Gasteiger partial charge in [-0.1, -0.05) is 12.1 Å². The fourth-order valence-corrected chi connectivity index (χ4v) is 1.75. The van der Waals surface area contributed by atoms with E-state index in [1.165, 1.54) is 6.07 Å². The van der Waals surface area contributed by atoms with Crippen LogP contribution in [-0.2, 0) is 6.54 Å². The largest absolute Gasteiger partial charge is 0.468 e. The van der Waals surface area contributed by atoms with Crippen molar-refractivity contribution in [3.05, 3.63) is 54.2 Å². The van der Waals surface area contributed by atoms with Crippen molar-refractivity contribution in [3.8, 4) is 0 Å². The standard InChI is InChI=1S/C14H17FN2O/c1-17(14-7-3-2-6-13(14)15)9-8-16-11-12-5-4-10-18-12/h2-7,10,16H,8-9,11H2,1H3. The Kier molecular flexibility index (Phi) is 4.36. The summed E-state index contributed by atoms with van der Waals surface area (Å²) in [5.74, 6) is 0.717. The Morgan fingerprint density at radius 2 is 2.06 bits per heavy atom. The smallest absolute Gasteiger partial charge is 0.146 e. The van der Waals surface area contributed by atoms with E-state index in [0.29, 0.717) is 12.2 Å². The van der Waals surface area contributed by atoms with Gasteiger partial charge in [0.1, 0.15) is 11.6 Å². The number of para-hydroxylation sites is 1. The fraction of sp³-hybridized carbons (Fsp3) is 0.286. The second-order valence-corrected chi connectivity index (χ2v) is 4.13. The highest BCUT2D eigenvalue weighted by atomic mass is 19.1. The quantitative estimate of drug-likeness (QED) is 0.797. The zero-order valence-electron chi connectivity index (χ0n) is 10.4. The number of benzene rings is 1. The van der Waals surface area contributed by atoms with Crippen molar-refractivity contribution in [2.24, 2.45) is 0 Å². The van der Waals surface area contributed by atoms with E-state index in [9.17, 15) is 4.39 Å². The maximum atomic E-state index is 13.5. The molecule has 0 aliphatic heterocycles. The number of rotatable bonds is 6. The summed E-state index contributed by atoms with van der Waals surface area (Å²) in [6.45, 7) is 2.20. The summed E-state index contributed by atoms with van der Waals surface area (Å²) in [5, 5.41) is 3.25. The van der Waals surface area contributed by atoms with E-state index in [0.717, 1.165) is 18.8 Å². The molecule has 0 fully saturated rings. The van der Waals surface area contributed by atoms with Crippen molar-refractivity contribution in [2.45, 2.75) is 6.54 Å². The summed E-state index contributed by atoms with van der Waals surface area (Å²) in [5.41, 5.74) is 0.622. The lowest BCUT2D eigenvalue weighted by molar-refractivity contribution is 0.484. The van der Waals surface area contributed by atoms with Gasteiger partial charge in [-0.3, -0.25) is 0 Å². The first-order valence-electron chi connectivity index (χ1n) is 5.96. The predicted octanol–water partition coefficient (Wildman–Crippen LogP) is 2.64. The number of anilines is 1. The molecule has 0 bridgehead atoms. The molecule has 0 aliphatic carbocycles. The molecule has 1 heterocycles. The van der Waals surface area contributed by atoms with E-state index in [-0.39, 0.29) is 5.82 Å². The van der Waals surface area contributed by atoms with Crippen LogP contribution in [0.15, 0.2) is 47.1 Å². The Morgan fingerprint density at radius 3 is 2.78 bits per heavy atom. The van der Waals surface area contributed by atoms with Gasteiger partial charge in [0, 0.05) is 20.1 Å². The second kappa shape index (κ2) is 6.21. The van der Waals surface area contributed by atoms with Crippen molar-refractivity contribution in [3.63, 3.8) is 0 Å². The third-order valence-corrected chi connectivity index (χ3v) is 2.77. The van der Waals surface area contributed by atoms with Crippen LogP contribution in [-0.4, -0.2) is 20.1 Å². The van der Waals surface area contributed by atoms with Crippen molar-refractivity contribution >= 4 is 5.69 Å². The lowest BCUT2D eigenvalue weighted by Gasteiger charge is -2.19. The number of hydrogen-bond donors (Lipinski definition) is 1. The second-order valence-electron chi connectivity index (χ2n) is 4.13. The van der Waals surface area contributed by atoms with Crippen LogP contribution in [0.5, 0.6) is 0 Å². The average molecular weight is 248 g/mol. The van der Waals surface area contributed by atoms with Crippen LogP contribution in [0, 0.1) is 5.82 Å². The molecule has 1 aromatic carbocycles. The lowest BCUT2D eigenvalue weighted by Crippen LogP contribution is -2.29. The van der Waals surface area contributed by atoms with Gasteiger partial charge in [-0.15, -0.1) is 0 Å². The average Bonchev–Trinajstić information content (AvgIpc) is 2.88. The molecule has 2 aromatic rings. The minimum Gasteiger partial charge on any atom is -0.468 e. The van der Waals surface area contributed by atoms with Crippen LogP contribution in [0.25, 0.3) is 0 Å². The molecule has 1 N–H and O–H groups in total. The SMILES string of the molecule is CN(CCNCc1ccco1)c1ccccc1F. The summed E-state index contributed by atoms with van der Waals surface area (Å²) in [6.07, 6.45) is 1.66. The molecule has 0 saturated carbocycles. The highest BCUT2D eigenvalue weighted by Crippen LogP contribution is 2.16. The summed E-state index contributed by atoms with van der Waals surface area (Å²) in [4.78, 5) is 1.89. The molecule has 18 heavy (non-hydrogen) atoms. The van der Waals surface area contributed by atoms with Crippen LogP contribution in [0.3, 0.4) is 0 Å². The zero-order valence-corrected chi connectivity index (χ0v) is 10.4. The van der Waals surface area contributed by atoms with Crippen LogP contribution in [0.4, 0.5) is 10.1 Å². The van der Waals surface area contributed by atoms with Crippen molar-refractivity contribution in [1.82, 2.24) is 5.32 Å². The number of hydrogen-bond acceptors (Lipinski definition) is 3. The van der Waals surface area contributed by atoms with Gasteiger partial charge in [-0.05, 0) is 24.3 Å². The van der Waals surface area contributed by atoms with E-state index >= 15 is 0 Å². The number of nitrogens with one attached hydrogen (secondary N) is 1.